The normalized spacial score (nSPS) is 26.3. The highest BCUT2D eigenvalue weighted by Gasteiger charge is 2.26. The molecule has 1 aromatic carbocycles. The molecule has 1 aliphatic heterocycles. The van der Waals surface area contributed by atoms with Crippen LogP contribution in [-0.2, 0) is 4.74 Å². The zero-order chi connectivity index (χ0) is 9.26. The van der Waals surface area contributed by atoms with Gasteiger partial charge < -0.3 is 9.47 Å². The molecule has 2 nitrogen and oxygen atoms in total. The monoisotopic (exact) mass is 178 g/mol. The lowest BCUT2D eigenvalue weighted by Gasteiger charge is -2.30. The van der Waals surface area contributed by atoms with Gasteiger partial charge in [0.25, 0.3) is 0 Å². The first-order valence-corrected chi connectivity index (χ1v) is 4.57. The van der Waals surface area contributed by atoms with Crippen LogP contribution in [0.25, 0.3) is 0 Å². The molecule has 0 spiro atoms. The predicted molar refractivity (Wildman–Crippen MR) is 51.1 cm³/mol. The zero-order valence-electron chi connectivity index (χ0n) is 7.99. The number of ether oxygens (including phenoxy) is 2. The van der Waals surface area contributed by atoms with E-state index in [9.17, 15) is 0 Å². The van der Waals surface area contributed by atoms with E-state index < -0.39 is 0 Å². The molecule has 0 radical (unpaired) electrons. The van der Waals surface area contributed by atoms with Crippen LogP contribution >= 0.6 is 0 Å². The fourth-order valence-electron chi connectivity index (χ4n) is 1.78. The van der Waals surface area contributed by atoms with Gasteiger partial charge in [0.1, 0.15) is 12.4 Å². The number of rotatable bonds is 1. The summed E-state index contributed by atoms with van der Waals surface area (Å²) in [5.41, 5.74) is 1.25. The molecule has 70 valence electrons. The molecule has 1 aromatic rings. The number of fused-ring (bicyclic) bond motifs is 1. The maximum atomic E-state index is 5.57. The Morgan fingerprint density at radius 3 is 2.92 bits per heavy atom. The molecule has 0 aromatic heterocycles. The van der Waals surface area contributed by atoms with Gasteiger partial charge in [-0.15, -0.1) is 0 Å². The molecule has 2 unspecified atom stereocenters. The van der Waals surface area contributed by atoms with Gasteiger partial charge in [0, 0.05) is 13.0 Å². The van der Waals surface area contributed by atoms with Gasteiger partial charge in [-0.2, -0.15) is 0 Å². The fraction of sp³-hybridized carbons (Fsp3) is 0.455. The van der Waals surface area contributed by atoms with E-state index in [2.05, 4.69) is 13.0 Å². The molecule has 1 aliphatic rings. The Hall–Kier alpha value is -1.02. The highest BCUT2D eigenvalue weighted by atomic mass is 16.5. The standard InChI is InChI=1S/C11H14O2/c1-8-9-5-3-4-6-10(9)13-7-11(8)12-2/h3-6,8,11H,7H2,1-2H3. The average molecular weight is 178 g/mol. The van der Waals surface area contributed by atoms with Gasteiger partial charge in [-0.25, -0.2) is 0 Å². The summed E-state index contributed by atoms with van der Waals surface area (Å²) < 4.78 is 10.9. The van der Waals surface area contributed by atoms with Crippen LogP contribution in [0.3, 0.4) is 0 Å². The van der Waals surface area contributed by atoms with Crippen molar-refractivity contribution in [2.75, 3.05) is 13.7 Å². The van der Waals surface area contributed by atoms with E-state index in [1.165, 1.54) is 5.56 Å². The van der Waals surface area contributed by atoms with Crippen LogP contribution in [-0.4, -0.2) is 19.8 Å². The van der Waals surface area contributed by atoms with Crippen molar-refractivity contribution in [3.05, 3.63) is 29.8 Å². The Bertz CT molecular complexity index is 296. The molecule has 0 saturated heterocycles. The first kappa shape index (κ1) is 8.57. The molecule has 2 atom stereocenters. The minimum absolute atomic E-state index is 0.190. The van der Waals surface area contributed by atoms with E-state index in [1.54, 1.807) is 7.11 Å². The molecule has 1 heterocycles. The molecular weight excluding hydrogens is 164 g/mol. The molecule has 0 fully saturated rings. The van der Waals surface area contributed by atoms with E-state index in [0.29, 0.717) is 12.5 Å². The first-order valence-electron chi connectivity index (χ1n) is 4.57. The predicted octanol–water partition coefficient (Wildman–Crippen LogP) is 2.20. The van der Waals surface area contributed by atoms with Crippen molar-refractivity contribution in [2.45, 2.75) is 18.9 Å². The van der Waals surface area contributed by atoms with Crippen LogP contribution in [0.4, 0.5) is 0 Å². The summed E-state index contributed by atoms with van der Waals surface area (Å²) in [6, 6.07) is 8.15. The second-order valence-electron chi connectivity index (χ2n) is 3.41. The van der Waals surface area contributed by atoms with E-state index in [1.807, 2.05) is 18.2 Å². The number of hydrogen-bond acceptors (Lipinski definition) is 2. The summed E-state index contributed by atoms with van der Waals surface area (Å²) in [6.07, 6.45) is 0.190. The molecule has 2 rings (SSSR count). The topological polar surface area (TPSA) is 18.5 Å². The third-order valence-electron chi connectivity index (χ3n) is 2.67. The smallest absolute Gasteiger partial charge is 0.122 e. The van der Waals surface area contributed by atoms with Crippen LogP contribution in [0.2, 0.25) is 0 Å². The van der Waals surface area contributed by atoms with Crippen molar-refractivity contribution in [3.8, 4) is 5.75 Å². The molecule has 0 saturated carbocycles. The SMILES string of the molecule is COC1COc2ccccc2C1C. The summed E-state index contributed by atoms with van der Waals surface area (Å²) in [5.74, 6) is 1.43. The van der Waals surface area contributed by atoms with E-state index in [4.69, 9.17) is 9.47 Å². The van der Waals surface area contributed by atoms with Crippen molar-refractivity contribution in [1.29, 1.82) is 0 Å². The maximum Gasteiger partial charge on any atom is 0.122 e. The summed E-state index contributed by atoms with van der Waals surface area (Å²) in [6.45, 7) is 2.84. The van der Waals surface area contributed by atoms with Crippen molar-refractivity contribution in [3.63, 3.8) is 0 Å². The highest BCUT2D eigenvalue weighted by Crippen LogP contribution is 2.33. The Morgan fingerprint density at radius 1 is 1.38 bits per heavy atom. The van der Waals surface area contributed by atoms with Crippen molar-refractivity contribution >= 4 is 0 Å². The van der Waals surface area contributed by atoms with Gasteiger partial charge >= 0.3 is 0 Å². The summed E-state index contributed by atoms with van der Waals surface area (Å²) >= 11 is 0. The minimum Gasteiger partial charge on any atom is -0.491 e. The van der Waals surface area contributed by atoms with Crippen LogP contribution in [0.1, 0.15) is 18.4 Å². The second kappa shape index (κ2) is 3.38. The van der Waals surface area contributed by atoms with E-state index in [-0.39, 0.29) is 6.10 Å². The van der Waals surface area contributed by atoms with Crippen molar-refractivity contribution < 1.29 is 9.47 Å². The number of para-hydroxylation sites is 1. The Balaban J connectivity index is 2.33. The highest BCUT2D eigenvalue weighted by molar-refractivity contribution is 5.38. The van der Waals surface area contributed by atoms with E-state index >= 15 is 0 Å². The molecule has 13 heavy (non-hydrogen) atoms. The largest absolute Gasteiger partial charge is 0.491 e. The molecule has 0 aliphatic carbocycles. The molecule has 0 bridgehead atoms. The summed E-state index contributed by atoms with van der Waals surface area (Å²) in [7, 11) is 1.73. The third-order valence-corrected chi connectivity index (χ3v) is 2.67. The van der Waals surface area contributed by atoms with Gasteiger partial charge in [-0.1, -0.05) is 25.1 Å². The molecular formula is C11H14O2. The van der Waals surface area contributed by atoms with Crippen molar-refractivity contribution in [1.82, 2.24) is 0 Å². The van der Waals surface area contributed by atoms with Crippen LogP contribution < -0.4 is 4.74 Å². The molecule has 2 heteroatoms. The third kappa shape index (κ3) is 1.42. The van der Waals surface area contributed by atoms with Gasteiger partial charge in [-0.3, -0.25) is 0 Å². The second-order valence-corrected chi connectivity index (χ2v) is 3.41. The maximum absolute atomic E-state index is 5.57. The minimum atomic E-state index is 0.190. The zero-order valence-corrected chi connectivity index (χ0v) is 7.99. The fourth-order valence-corrected chi connectivity index (χ4v) is 1.78. The van der Waals surface area contributed by atoms with Crippen molar-refractivity contribution in [2.24, 2.45) is 0 Å². The first-order chi connectivity index (χ1) is 6.33. The Kier molecular flexibility index (Phi) is 2.23. The Morgan fingerprint density at radius 2 is 2.15 bits per heavy atom. The molecule has 0 N–H and O–H groups in total. The lowest BCUT2D eigenvalue weighted by Crippen LogP contribution is -2.30. The molecule has 0 amide bonds. The van der Waals surface area contributed by atoms with E-state index in [0.717, 1.165) is 5.75 Å². The van der Waals surface area contributed by atoms with Crippen LogP contribution in [0.5, 0.6) is 5.75 Å². The quantitative estimate of drug-likeness (QED) is 0.656. The number of hydrogen-bond donors (Lipinski definition) is 0. The number of methoxy groups -OCH3 is 1. The van der Waals surface area contributed by atoms with Gasteiger partial charge in [-0.05, 0) is 11.6 Å². The lowest BCUT2D eigenvalue weighted by atomic mass is 9.93. The number of benzene rings is 1. The average Bonchev–Trinajstić information content (AvgIpc) is 2.19. The summed E-state index contributed by atoms with van der Waals surface area (Å²) in [4.78, 5) is 0. The van der Waals surface area contributed by atoms with Gasteiger partial charge in [0.05, 0.1) is 6.10 Å². The van der Waals surface area contributed by atoms with Gasteiger partial charge in [0.2, 0.25) is 0 Å². The van der Waals surface area contributed by atoms with Crippen LogP contribution in [0, 0.1) is 0 Å². The van der Waals surface area contributed by atoms with Gasteiger partial charge in [0.15, 0.2) is 0 Å². The van der Waals surface area contributed by atoms with Crippen LogP contribution in [0.15, 0.2) is 24.3 Å². The summed E-state index contributed by atoms with van der Waals surface area (Å²) in [5, 5.41) is 0. The Labute approximate surface area is 78.5 Å². The lowest BCUT2D eigenvalue weighted by molar-refractivity contribution is 0.0289.